The molecule has 2 aliphatic rings. The van der Waals surface area contributed by atoms with Gasteiger partial charge >= 0.3 is 5.97 Å². The van der Waals surface area contributed by atoms with Gasteiger partial charge in [0.2, 0.25) is 6.29 Å². The van der Waals surface area contributed by atoms with Crippen molar-refractivity contribution in [3.05, 3.63) is 34.9 Å². The van der Waals surface area contributed by atoms with E-state index in [1.165, 1.54) is 19.1 Å². The Hall–Kier alpha value is -2.76. The Kier molecular flexibility index (Phi) is 7.27. The highest BCUT2D eigenvalue weighted by molar-refractivity contribution is 6.08. The van der Waals surface area contributed by atoms with E-state index in [1.54, 1.807) is 6.92 Å². The molecule has 196 valence electrons. The van der Waals surface area contributed by atoms with Crippen LogP contribution in [0.4, 0.5) is 0 Å². The average molecular weight is 505 g/mol. The van der Waals surface area contributed by atoms with Gasteiger partial charge in [0.15, 0.2) is 5.78 Å². The largest absolute Gasteiger partial charge is 0.506 e. The second-order valence-corrected chi connectivity index (χ2v) is 9.93. The van der Waals surface area contributed by atoms with Gasteiger partial charge in [0, 0.05) is 0 Å². The molecule has 10 nitrogen and oxygen atoms in total. The lowest BCUT2D eigenvalue weighted by atomic mass is 9.77. The van der Waals surface area contributed by atoms with Crippen LogP contribution in [0.5, 0.6) is 11.5 Å². The number of Topliss-reactive ketones (excluding diaryl/α,β-unsaturated/α-hetero) is 1. The number of aliphatic hydroxyl groups excluding tert-OH is 3. The third kappa shape index (κ3) is 4.55. The third-order valence-corrected chi connectivity index (χ3v) is 7.44. The molecule has 0 bridgehead atoms. The summed E-state index contributed by atoms with van der Waals surface area (Å²) in [5, 5.41) is 63.8. The molecule has 2 aromatic carbocycles. The van der Waals surface area contributed by atoms with Gasteiger partial charge in [-0.2, -0.15) is 0 Å². The maximum Gasteiger partial charge on any atom is 0.335 e. The Bertz CT molecular complexity index is 1170. The van der Waals surface area contributed by atoms with Crippen molar-refractivity contribution in [3.63, 3.8) is 0 Å². The first-order valence-electron chi connectivity index (χ1n) is 12.0. The lowest BCUT2D eigenvalue weighted by Gasteiger charge is -2.48. The number of hydrogen-bond donors (Lipinski definition) is 6. The van der Waals surface area contributed by atoms with Crippen molar-refractivity contribution in [3.8, 4) is 11.5 Å². The highest BCUT2D eigenvalue weighted by atomic mass is 16.7. The molecule has 2 aromatic rings. The third-order valence-electron chi connectivity index (χ3n) is 7.44. The van der Waals surface area contributed by atoms with E-state index < -0.39 is 54.3 Å². The molecule has 36 heavy (non-hydrogen) atoms. The van der Waals surface area contributed by atoms with Gasteiger partial charge in [0.25, 0.3) is 0 Å². The van der Waals surface area contributed by atoms with Gasteiger partial charge in [-0.1, -0.05) is 31.7 Å². The number of carboxylic acid groups (broad SMARTS) is 1. The van der Waals surface area contributed by atoms with Crippen LogP contribution in [0.3, 0.4) is 0 Å². The first-order chi connectivity index (χ1) is 17.0. The number of phenolic OH excluding ortho intramolecular Hbond substituents is 1. The van der Waals surface area contributed by atoms with Crippen LogP contribution in [0.2, 0.25) is 0 Å². The van der Waals surface area contributed by atoms with Gasteiger partial charge in [-0.3, -0.25) is 4.79 Å². The number of aryl methyl sites for hydroxylation is 1. The van der Waals surface area contributed by atoms with Crippen LogP contribution in [0.25, 0.3) is 10.8 Å². The minimum atomic E-state index is -1.92. The molecule has 4 rings (SSSR count). The minimum Gasteiger partial charge on any atom is -0.506 e. The second-order valence-electron chi connectivity index (χ2n) is 9.93. The Labute approximate surface area is 207 Å². The van der Waals surface area contributed by atoms with E-state index in [2.05, 4.69) is 0 Å². The number of aromatic carboxylic acids is 1. The number of carbonyl (C=O) groups is 2. The van der Waals surface area contributed by atoms with Crippen LogP contribution in [0, 0.1) is 12.8 Å². The summed E-state index contributed by atoms with van der Waals surface area (Å²) >= 11 is 0. The number of hydrogen-bond acceptors (Lipinski definition) is 9. The fourth-order valence-corrected chi connectivity index (χ4v) is 5.63. The lowest BCUT2D eigenvalue weighted by molar-refractivity contribution is -0.316. The molecule has 0 spiro atoms. The number of ether oxygens (including phenoxy) is 2. The number of aliphatic hydroxyl groups is 4. The first-order valence-corrected chi connectivity index (χ1v) is 12.0. The molecule has 6 N–H and O–H groups in total. The summed E-state index contributed by atoms with van der Waals surface area (Å²) in [5.41, 5.74) is -1.65. The van der Waals surface area contributed by atoms with Crippen molar-refractivity contribution in [1.29, 1.82) is 0 Å². The van der Waals surface area contributed by atoms with Gasteiger partial charge in [-0.05, 0) is 49.3 Å². The number of benzene rings is 2. The molecule has 1 aliphatic heterocycles. The molecule has 1 saturated heterocycles. The molecule has 0 aromatic heterocycles. The highest BCUT2D eigenvalue weighted by Crippen LogP contribution is 2.43. The zero-order valence-electron chi connectivity index (χ0n) is 20.2. The van der Waals surface area contributed by atoms with Crippen molar-refractivity contribution in [1.82, 2.24) is 0 Å². The molecule has 1 heterocycles. The second kappa shape index (κ2) is 9.95. The Morgan fingerprint density at radius 2 is 1.83 bits per heavy atom. The van der Waals surface area contributed by atoms with Crippen LogP contribution in [-0.2, 0) is 4.74 Å². The van der Waals surface area contributed by atoms with Gasteiger partial charge in [0.05, 0.1) is 23.1 Å². The van der Waals surface area contributed by atoms with Crippen molar-refractivity contribution < 1.29 is 49.7 Å². The zero-order valence-corrected chi connectivity index (χ0v) is 20.2. The number of rotatable bonds is 7. The maximum atomic E-state index is 12.1. The number of phenols is 1. The van der Waals surface area contributed by atoms with Crippen LogP contribution in [-0.4, -0.2) is 79.2 Å². The van der Waals surface area contributed by atoms with Gasteiger partial charge < -0.3 is 40.1 Å². The zero-order chi connectivity index (χ0) is 26.4. The Morgan fingerprint density at radius 1 is 1.17 bits per heavy atom. The number of ketones is 1. The summed E-state index contributed by atoms with van der Waals surface area (Å²) in [5.74, 6) is -2.22. The summed E-state index contributed by atoms with van der Waals surface area (Å²) in [4.78, 5) is 23.9. The van der Waals surface area contributed by atoms with Crippen LogP contribution >= 0.6 is 0 Å². The SMILES string of the molecule is CC(=O)c1c(C)cc2cc(C(=O)O)cc(O[C@@H]3O[C@H](CO)[C@](O)(CC4CCCC4)[C@H](O)[C@H]3O)c2c1O. The van der Waals surface area contributed by atoms with Crippen LogP contribution < -0.4 is 4.74 Å². The molecule has 5 atom stereocenters. The molecule has 2 fully saturated rings. The molecular weight excluding hydrogens is 472 g/mol. The maximum absolute atomic E-state index is 12.1. The Balaban J connectivity index is 1.74. The number of carbonyl (C=O) groups excluding carboxylic acids is 1. The molecule has 1 saturated carbocycles. The van der Waals surface area contributed by atoms with E-state index in [0.29, 0.717) is 5.56 Å². The quantitative estimate of drug-likeness (QED) is 0.306. The average Bonchev–Trinajstić information content (AvgIpc) is 3.31. The van der Waals surface area contributed by atoms with Gasteiger partial charge in [0.1, 0.15) is 35.4 Å². The minimum absolute atomic E-state index is 0.0217. The number of aromatic hydroxyl groups is 1. The molecular formula is C26H32O10. The summed E-state index contributed by atoms with van der Waals surface area (Å²) in [6, 6.07) is 3.96. The number of carboxylic acids is 1. The van der Waals surface area contributed by atoms with E-state index in [9.17, 15) is 40.2 Å². The first kappa shape index (κ1) is 26.3. The fourth-order valence-electron chi connectivity index (χ4n) is 5.63. The topological polar surface area (TPSA) is 174 Å². The molecule has 0 amide bonds. The van der Waals surface area contributed by atoms with Crippen molar-refractivity contribution >= 4 is 22.5 Å². The lowest BCUT2D eigenvalue weighted by Crippen LogP contribution is -2.68. The molecule has 10 heteroatoms. The standard InChI is InChI=1S/C26H32O10/c1-12-7-15-8-16(24(32)33)9-17(20(15)21(29)19(12)13(2)28)35-25-22(30)23(31)26(34,18(11-27)36-25)10-14-5-3-4-6-14/h7-9,14,18,22-23,25,27,29-31,34H,3-6,10-11H2,1-2H3,(H,32,33)/t18-,22-,23-,25-,26-/m1/s1. The van der Waals surface area contributed by atoms with Crippen molar-refractivity contribution in [2.24, 2.45) is 5.92 Å². The van der Waals surface area contributed by atoms with Crippen molar-refractivity contribution in [2.45, 2.75) is 76.2 Å². The monoisotopic (exact) mass is 504 g/mol. The van der Waals surface area contributed by atoms with E-state index in [-0.39, 0.29) is 40.0 Å². The summed E-state index contributed by atoms with van der Waals surface area (Å²) in [6.45, 7) is 2.22. The fraction of sp³-hybridized carbons (Fsp3) is 0.538. The van der Waals surface area contributed by atoms with E-state index >= 15 is 0 Å². The van der Waals surface area contributed by atoms with Gasteiger partial charge in [-0.15, -0.1) is 0 Å². The predicted octanol–water partition coefficient (Wildman–Crippen LogP) is 1.88. The van der Waals surface area contributed by atoms with E-state index in [1.807, 2.05) is 0 Å². The summed E-state index contributed by atoms with van der Waals surface area (Å²) in [6.07, 6.45) is -2.57. The summed E-state index contributed by atoms with van der Waals surface area (Å²) < 4.78 is 11.5. The normalized spacial score (nSPS) is 28.9. The highest BCUT2D eigenvalue weighted by Gasteiger charge is 2.56. The molecule has 1 aliphatic carbocycles. The van der Waals surface area contributed by atoms with E-state index in [0.717, 1.165) is 31.7 Å². The summed E-state index contributed by atoms with van der Waals surface area (Å²) in [7, 11) is 0. The molecule has 0 radical (unpaired) electrons. The smallest absolute Gasteiger partial charge is 0.335 e. The predicted molar refractivity (Wildman–Crippen MR) is 127 cm³/mol. The van der Waals surface area contributed by atoms with Gasteiger partial charge in [-0.25, -0.2) is 4.79 Å². The Morgan fingerprint density at radius 3 is 2.42 bits per heavy atom. The van der Waals surface area contributed by atoms with Crippen LogP contribution in [0.15, 0.2) is 18.2 Å². The van der Waals surface area contributed by atoms with Crippen molar-refractivity contribution in [2.75, 3.05) is 6.61 Å². The molecule has 0 unspecified atom stereocenters. The number of fused-ring (bicyclic) bond motifs is 1. The van der Waals surface area contributed by atoms with E-state index in [4.69, 9.17) is 9.47 Å². The van der Waals surface area contributed by atoms with Crippen LogP contribution in [0.1, 0.15) is 65.3 Å².